The highest BCUT2D eigenvalue weighted by Crippen LogP contribution is 2.26. The van der Waals surface area contributed by atoms with Gasteiger partial charge < -0.3 is 10.1 Å². The van der Waals surface area contributed by atoms with Crippen LogP contribution in [0.5, 0.6) is 0 Å². The molecule has 1 aromatic carbocycles. The summed E-state index contributed by atoms with van der Waals surface area (Å²) >= 11 is 17.6. The van der Waals surface area contributed by atoms with Crippen molar-refractivity contribution >= 4 is 40.7 Å². The predicted molar refractivity (Wildman–Crippen MR) is 79.2 cm³/mol. The zero-order valence-electron chi connectivity index (χ0n) is 11.0. The van der Waals surface area contributed by atoms with Gasteiger partial charge >= 0.3 is 0 Å². The maximum absolute atomic E-state index is 12.2. The molecule has 0 bridgehead atoms. The molecule has 0 spiro atoms. The fraction of sp³-hybridized carbons (Fsp3) is 0.462. The van der Waals surface area contributed by atoms with Gasteiger partial charge in [0.1, 0.15) is 11.8 Å². The average molecular weight is 325 g/mol. The molecule has 1 atom stereocenters. The fourth-order valence-corrected chi connectivity index (χ4v) is 2.16. The SMILES string of the molecule is CCC(C)(NC(=O)c1cc(Cl)c(C)c(Cl)c1)OCCl. The quantitative estimate of drug-likeness (QED) is 0.645. The van der Waals surface area contributed by atoms with E-state index in [-0.39, 0.29) is 12.0 Å². The van der Waals surface area contributed by atoms with Crippen LogP contribution in [-0.2, 0) is 4.74 Å². The van der Waals surface area contributed by atoms with Gasteiger partial charge in [-0.3, -0.25) is 4.79 Å². The molecule has 0 aliphatic heterocycles. The molecule has 0 aliphatic carbocycles. The third-order valence-corrected chi connectivity index (χ3v) is 3.86. The molecule has 0 radical (unpaired) electrons. The Morgan fingerprint density at radius 3 is 2.32 bits per heavy atom. The van der Waals surface area contributed by atoms with E-state index < -0.39 is 5.72 Å². The van der Waals surface area contributed by atoms with Crippen molar-refractivity contribution in [3.8, 4) is 0 Å². The Morgan fingerprint density at radius 1 is 1.37 bits per heavy atom. The number of halogens is 3. The number of nitrogens with one attached hydrogen (secondary N) is 1. The third-order valence-electron chi connectivity index (χ3n) is 2.97. The van der Waals surface area contributed by atoms with E-state index in [9.17, 15) is 4.79 Å². The van der Waals surface area contributed by atoms with Crippen molar-refractivity contribution in [2.45, 2.75) is 32.9 Å². The molecule has 1 rings (SSSR count). The van der Waals surface area contributed by atoms with E-state index in [1.165, 1.54) is 0 Å². The van der Waals surface area contributed by atoms with Gasteiger partial charge in [-0.2, -0.15) is 0 Å². The Kier molecular flexibility index (Phi) is 5.93. The number of hydrogen-bond acceptors (Lipinski definition) is 2. The second-order valence-corrected chi connectivity index (χ2v) is 5.39. The van der Waals surface area contributed by atoms with E-state index in [1.807, 2.05) is 6.92 Å². The van der Waals surface area contributed by atoms with Crippen LogP contribution in [0.15, 0.2) is 12.1 Å². The van der Waals surface area contributed by atoms with E-state index in [0.29, 0.717) is 22.0 Å². The van der Waals surface area contributed by atoms with Gasteiger partial charge in [-0.1, -0.05) is 41.7 Å². The molecule has 0 heterocycles. The number of carbonyl (C=O) groups excluding carboxylic acids is 1. The molecule has 0 saturated carbocycles. The van der Waals surface area contributed by atoms with Gasteiger partial charge in [0, 0.05) is 15.6 Å². The summed E-state index contributed by atoms with van der Waals surface area (Å²) in [6, 6.07) is 3.16. The van der Waals surface area contributed by atoms with Crippen molar-refractivity contribution in [3.05, 3.63) is 33.3 Å². The normalized spacial score (nSPS) is 14.0. The summed E-state index contributed by atoms with van der Waals surface area (Å²) in [4.78, 5) is 12.2. The summed E-state index contributed by atoms with van der Waals surface area (Å²) in [6.07, 6.45) is 0.582. The Hall–Kier alpha value is -0.480. The van der Waals surface area contributed by atoms with Gasteiger partial charge in [-0.25, -0.2) is 0 Å². The van der Waals surface area contributed by atoms with Gasteiger partial charge in [0.05, 0.1) is 0 Å². The molecule has 0 saturated heterocycles. The summed E-state index contributed by atoms with van der Waals surface area (Å²) < 4.78 is 5.32. The van der Waals surface area contributed by atoms with Crippen molar-refractivity contribution in [2.75, 3.05) is 6.07 Å². The largest absolute Gasteiger partial charge is 0.340 e. The minimum atomic E-state index is -0.817. The molecular weight excluding hydrogens is 309 g/mol. The molecule has 1 aromatic rings. The van der Waals surface area contributed by atoms with Crippen molar-refractivity contribution in [1.82, 2.24) is 5.32 Å². The standard InChI is InChI=1S/C13H16Cl3NO2/c1-4-13(3,19-7-14)17-12(18)9-5-10(15)8(2)11(16)6-9/h5-6H,4,7H2,1-3H3,(H,17,18). The molecular formula is C13H16Cl3NO2. The molecule has 3 nitrogen and oxygen atoms in total. The zero-order chi connectivity index (χ0) is 14.6. The second-order valence-electron chi connectivity index (χ2n) is 4.36. The number of alkyl halides is 1. The molecule has 0 aromatic heterocycles. The smallest absolute Gasteiger partial charge is 0.253 e. The van der Waals surface area contributed by atoms with Crippen LogP contribution in [0.25, 0.3) is 0 Å². The van der Waals surface area contributed by atoms with Crippen molar-refractivity contribution < 1.29 is 9.53 Å². The first kappa shape index (κ1) is 16.6. The monoisotopic (exact) mass is 323 g/mol. The van der Waals surface area contributed by atoms with E-state index >= 15 is 0 Å². The van der Waals surface area contributed by atoms with Gasteiger partial charge in [0.15, 0.2) is 0 Å². The van der Waals surface area contributed by atoms with Crippen molar-refractivity contribution in [3.63, 3.8) is 0 Å². The van der Waals surface area contributed by atoms with E-state index in [4.69, 9.17) is 39.5 Å². The van der Waals surface area contributed by atoms with Crippen molar-refractivity contribution in [2.24, 2.45) is 0 Å². The number of ether oxygens (including phenoxy) is 1. The summed E-state index contributed by atoms with van der Waals surface area (Å²) in [5, 5.41) is 3.68. The lowest BCUT2D eigenvalue weighted by molar-refractivity contribution is -0.0314. The second kappa shape index (κ2) is 6.80. The fourth-order valence-electron chi connectivity index (χ4n) is 1.44. The lowest BCUT2D eigenvalue weighted by atomic mass is 10.1. The van der Waals surface area contributed by atoms with Gasteiger partial charge in [-0.15, -0.1) is 0 Å². The predicted octanol–water partition coefficient (Wildman–Crippen LogP) is 4.37. The molecule has 0 aliphatic rings. The molecule has 6 heteroatoms. The van der Waals surface area contributed by atoms with Crippen LogP contribution in [-0.4, -0.2) is 17.7 Å². The van der Waals surface area contributed by atoms with Crippen molar-refractivity contribution in [1.29, 1.82) is 0 Å². The lowest BCUT2D eigenvalue weighted by Gasteiger charge is -2.28. The van der Waals surface area contributed by atoms with Crippen LogP contribution in [0.1, 0.15) is 36.2 Å². The Bertz CT molecular complexity index is 456. The summed E-state index contributed by atoms with van der Waals surface area (Å²) in [6.45, 7) is 5.44. The minimum Gasteiger partial charge on any atom is -0.340 e. The number of hydrogen-bond donors (Lipinski definition) is 1. The van der Waals surface area contributed by atoms with Crippen LogP contribution < -0.4 is 5.32 Å². The van der Waals surface area contributed by atoms with Gasteiger partial charge in [-0.05, 0) is 38.0 Å². The topological polar surface area (TPSA) is 38.3 Å². The number of amides is 1. The number of benzene rings is 1. The zero-order valence-corrected chi connectivity index (χ0v) is 13.3. The number of carbonyl (C=O) groups is 1. The average Bonchev–Trinajstić information content (AvgIpc) is 2.35. The first-order chi connectivity index (χ1) is 8.83. The number of rotatable bonds is 5. The first-order valence-corrected chi connectivity index (χ1v) is 7.10. The maximum atomic E-state index is 12.2. The Morgan fingerprint density at radius 2 is 1.89 bits per heavy atom. The first-order valence-electron chi connectivity index (χ1n) is 5.81. The highest BCUT2D eigenvalue weighted by molar-refractivity contribution is 6.36. The van der Waals surface area contributed by atoms with E-state index in [0.717, 1.165) is 5.56 Å². The highest BCUT2D eigenvalue weighted by atomic mass is 35.5. The molecule has 106 valence electrons. The Labute approximate surface area is 128 Å². The summed E-state index contributed by atoms with van der Waals surface area (Å²) in [7, 11) is 0. The van der Waals surface area contributed by atoms with Crippen LogP contribution in [0.4, 0.5) is 0 Å². The van der Waals surface area contributed by atoms with Crippen LogP contribution in [0, 0.1) is 6.92 Å². The van der Waals surface area contributed by atoms with Crippen LogP contribution in [0.3, 0.4) is 0 Å². The van der Waals surface area contributed by atoms with E-state index in [1.54, 1.807) is 26.0 Å². The summed E-state index contributed by atoms with van der Waals surface area (Å²) in [5.41, 5.74) is 0.316. The van der Waals surface area contributed by atoms with Crippen LogP contribution in [0.2, 0.25) is 10.0 Å². The lowest BCUT2D eigenvalue weighted by Crippen LogP contribution is -2.47. The Balaban J connectivity index is 2.95. The summed E-state index contributed by atoms with van der Waals surface area (Å²) in [5.74, 6) is -0.307. The third kappa shape index (κ3) is 4.25. The van der Waals surface area contributed by atoms with E-state index in [2.05, 4.69) is 5.32 Å². The molecule has 1 N–H and O–H groups in total. The molecule has 1 amide bonds. The van der Waals surface area contributed by atoms with Crippen LogP contribution >= 0.6 is 34.8 Å². The van der Waals surface area contributed by atoms with Gasteiger partial charge in [0.2, 0.25) is 0 Å². The van der Waals surface area contributed by atoms with Gasteiger partial charge in [0.25, 0.3) is 5.91 Å². The highest BCUT2D eigenvalue weighted by Gasteiger charge is 2.25. The maximum Gasteiger partial charge on any atom is 0.253 e. The molecule has 19 heavy (non-hydrogen) atoms. The molecule has 1 unspecified atom stereocenters. The minimum absolute atomic E-state index is 0.0000299. The molecule has 0 fully saturated rings.